The highest BCUT2D eigenvalue weighted by molar-refractivity contribution is 5.74. The van der Waals surface area contributed by atoms with Crippen LogP contribution in [0.1, 0.15) is 49.8 Å². The summed E-state index contributed by atoms with van der Waals surface area (Å²) in [5.74, 6) is -0.375. The molecular formula is C28H37N3O5. The van der Waals surface area contributed by atoms with E-state index in [-0.39, 0.29) is 24.7 Å². The number of nitrogens with zero attached hydrogens (tertiary/aromatic N) is 1. The number of aromatic nitrogens is 2. The Morgan fingerprint density at radius 3 is 2.69 bits per heavy atom. The third-order valence-electron chi connectivity index (χ3n) is 6.68. The Morgan fingerprint density at radius 2 is 1.97 bits per heavy atom. The molecule has 1 aliphatic carbocycles. The van der Waals surface area contributed by atoms with Crippen LogP contribution < -0.4 is 10.1 Å². The molecule has 194 valence electrons. The van der Waals surface area contributed by atoms with E-state index in [0.29, 0.717) is 12.7 Å². The third kappa shape index (κ3) is 6.06. The van der Waals surface area contributed by atoms with Crippen molar-refractivity contribution in [2.45, 2.75) is 59.2 Å². The van der Waals surface area contributed by atoms with E-state index in [4.69, 9.17) is 14.2 Å². The SMILES string of the molecule is Cc1cc(C)cc(-c2[nH]nc(OCC(C)(C)C(=O)O)c2[C@H](C)CNCCC2=CC3OCOC3C=C2)c1. The van der Waals surface area contributed by atoms with Gasteiger partial charge in [-0.3, -0.25) is 9.89 Å². The third-order valence-corrected chi connectivity index (χ3v) is 6.68. The molecule has 2 aromatic rings. The smallest absolute Gasteiger partial charge is 0.312 e. The van der Waals surface area contributed by atoms with Gasteiger partial charge >= 0.3 is 5.97 Å². The number of carboxylic acid groups (broad SMARTS) is 1. The van der Waals surface area contributed by atoms with Crippen molar-refractivity contribution in [3.63, 3.8) is 0 Å². The molecule has 3 N–H and O–H groups in total. The minimum atomic E-state index is -1.02. The summed E-state index contributed by atoms with van der Waals surface area (Å²) in [5.41, 5.74) is 5.44. The molecule has 0 bridgehead atoms. The fourth-order valence-electron chi connectivity index (χ4n) is 4.55. The van der Waals surface area contributed by atoms with Crippen LogP contribution in [0.5, 0.6) is 5.88 Å². The molecule has 3 atom stereocenters. The molecule has 1 aliphatic heterocycles. The van der Waals surface area contributed by atoms with Crippen molar-refractivity contribution >= 4 is 5.97 Å². The Bertz CT molecular complexity index is 1130. The maximum absolute atomic E-state index is 11.6. The maximum atomic E-state index is 11.6. The number of hydrogen-bond acceptors (Lipinski definition) is 6. The Hall–Kier alpha value is -2.94. The van der Waals surface area contributed by atoms with Crippen molar-refractivity contribution in [2.24, 2.45) is 5.41 Å². The fourth-order valence-corrected chi connectivity index (χ4v) is 4.55. The minimum Gasteiger partial charge on any atom is -0.481 e. The first-order chi connectivity index (χ1) is 17.1. The highest BCUT2D eigenvalue weighted by atomic mass is 16.7. The van der Waals surface area contributed by atoms with Crippen molar-refractivity contribution in [1.82, 2.24) is 15.5 Å². The zero-order chi connectivity index (χ0) is 25.9. The molecule has 4 rings (SSSR count). The van der Waals surface area contributed by atoms with Gasteiger partial charge in [-0.25, -0.2) is 0 Å². The van der Waals surface area contributed by atoms with Gasteiger partial charge in [0.25, 0.3) is 0 Å². The number of hydrogen-bond donors (Lipinski definition) is 3. The molecule has 1 saturated heterocycles. The molecule has 2 unspecified atom stereocenters. The van der Waals surface area contributed by atoms with Crippen molar-refractivity contribution < 1.29 is 24.1 Å². The predicted octanol–water partition coefficient (Wildman–Crippen LogP) is 4.50. The molecule has 1 aromatic heterocycles. The number of aryl methyl sites for hydroxylation is 2. The van der Waals surface area contributed by atoms with E-state index in [2.05, 4.69) is 72.7 Å². The molecule has 8 nitrogen and oxygen atoms in total. The number of fused-ring (bicyclic) bond motifs is 1. The van der Waals surface area contributed by atoms with Gasteiger partial charge in [0, 0.05) is 23.6 Å². The quantitative estimate of drug-likeness (QED) is 0.394. The summed E-state index contributed by atoms with van der Waals surface area (Å²) < 4.78 is 17.1. The van der Waals surface area contributed by atoms with E-state index in [9.17, 15) is 9.90 Å². The highest BCUT2D eigenvalue weighted by Crippen LogP contribution is 2.36. The van der Waals surface area contributed by atoms with Crippen molar-refractivity contribution in [2.75, 3.05) is 26.5 Å². The lowest BCUT2D eigenvalue weighted by molar-refractivity contribution is -0.148. The van der Waals surface area contributed by atoms with Crippen LogP contribution in [0.3, 0.4) is 0 Å². The molecular weight excluding hydrogens is 458 g/mol. The summed E-state index contributed by atoms with van der Waals surface area (Å²) in [4.78, 5) is 11.6. The number of allylic oxidation sites excluding steroid dienone is 1. The molecule has 0 saturated carbocycles. The van der Waals surface area contributed by atoms with Crippen LogP contribution >= 0.6 is 0 Å². The molecule has 0 radical (unpaired) electrons. The first kappa shape index (κ1) is 26.1. The van der Waals surface area contributed by atoms with Gasteiger partial charge in [0.1, 0.15) is 25.6 Å². The highest BCUT2D eigenvalue weighted by Gasteiger charge is 2.31. The zero-order valence-electron chi connectivity index (χ0n) is 21.8. The number of ether oxygens (including phenoxy) is 3. The van der Waals surface area contributed by atoms with Crippen molar-refractivity contribution in [3.8, 4) is 17.1 Å². The summed E-state index contributed by atoms with van der Waals surface area (Å²) >= 11 is 0. The number of aliphatic carboxylic acids is 1. The van der Waals surface area contributed by atoms with E-state index in [1.807, 2.05) is 0 Å². The number of H-pyrrole nitrogens is 1. The molecule has 1 aromatic carbocycles. The predicted molar refractivity (Wildman–Crippen MR) is 138 cm³/mol. The van der Waals surface area contributed by atoms with Crippen molar-refractivity contribution in [3.05, 3.63) is 58.7 Å². The van der Waals surface area contributed by atoms with Gasteiger partial charge in [0.15, 0.2) is 0 Å². The lowest BCUT2D eigenvalue weighted by Gasteiger charge is -2.21. The summed E-state index contributed by atoms with van der Waals surface area (Å²) in [5, 5.41) is 20.7. The summed E-state index contributed by atoms with van der Waals surface area (Å²) in [6.45, 7) is 11.5. The van der Waals surface area contributed by atoms with Crippen LogP contribution in [0.4, 0.5) is 0 Å². The number of rotatable bonds is 11. The first-order valence-corrected chi connectivity index (χ1v) is 12.5. The van der Waals surface area contributed by atoms with Gasteiger partial charge in [-0.1, -0.05) is 36.3 Å². The second-order valence-electron chi connectivity index (χ2n) is 10.5. The monoisotopic (exact) mass is 495 g/mol. The molecule has 0 amide bonds. The van der Waals surface area contributed by atoms with Gasteiger partial charge in [0.2, 0.25) is 5.88 Å². The molecule has 2 aliphatic rings. The topological polar surface area (TPSA) is 106 Å². The normalized spacial score (nSPS) is 20.2. The summed E-state index contributed by atoms with van der Waals surface area (Å²) in [6.07, 6.45) is 7.28. The number of nitrogens with one attached hydrogen (secondary N) is 2. The van der Waals surface area contributed by atoms with Gasteiger partial charge < -0.3 is 24.6 Å². The summed E-state index contributed by atoms with van der Waals surface area (Å²) in [6, 6.07) is 6.38. The lowest BCUT2D eigenvalue weighted by Crippen LogP contribution is -2.31. The zero-order valence-corrected chi connectivity index (χ0v) is 21.8. The minimum absolute atomic E-state index is 0.0185. The second-order valence-corrected chi connectivity index (χ2v) is 10.5. The Labute approximate surface area is 212 Å². The molecule has 8 heteroatoms. The Kier molecular flexibility index (Phi) is 7.97. The van der Waals surface area contributed by atoms with E-state index >= 15 is 0 Å². The Balaban J connectivity index is 1.46. The van der Waals surface area contributed by atoms with Crippen LogP contribution in [0.2, 0.25) is 0 Å². The van der Waals surface area contributed by atoms with Gasteiger partial charge in [-0.2, -0.15) is 0 Å². The second kappa shape index (κ2) is 11.0. The van der Waals surface area contributed by atoms with E-state index in [0.717, 1.165) is 36.3 Å². The largest absolute Gasteiger partial charge is 0.481 e. The van der Waals surface area contributed by atoms with Crippen molar-refractivity contribution in [1.29, 1.82) is 0 Å². The number of aromatic amines is 1. The lowest BCUT2D eigenvalue weighted by atomic mass is 9.94. The molecule has 1 fully saturated rings. The number of carbonyl (C=O) groups is 1. The summed E-state index contributed by atoms with van der Waals surface area (Å²) in [7, 11) is 0. The van der Waals surface area contributed by atoms with E-state index < -0.39 is 11.4 Å². The number of benzene rings is 1. The van der Waals surface area contributed by atoms with Gasteiger partial charge in [-0.15, -0.1) is 5.10 Å². The Morgan fingerprint density at radius 1 is 1.25 bits per heavy atom. The van der Waals surface area contributed by atoms with Crippen LogP contribution in [-0.4, -0.2) is 60.0 Å². The van der Waals surface area contributed by atoms with Crippen LogP contribution in [0.25, 0.3) is 11.3 Å². The molecule has 2 heterocycles. The van der Waals surface area contributed by atoms with Gasteiger partial charge in [0.05, 0.1) is 11.1 Å². The van der Waals surface area contributed by atoms with Crippen LogP contribution in [0.15, 0.2) is 42.0 Å². The average Bonchev–Trinajstić information content (AvgIpc) is 3.46. The number of carboxylic acids is 1. The average molecular weight is 496 g/mol. The molecule has 36 heavy (non-hydrogen) atoms. The van der Waals surface area contributed by atoms with Crippen LogP contribution in [-0.2, 0) is 14.3 Å². The van der Waals surface area contributed by atoms with E-state index in [1.54, 1.807) is 13.8 Å². The van der Waals surface area contributed by atoms with Gasteiger partial charge in [-0.05, 0) is 64.4 Å². The fraction of sp³-hybridized carbons (Fsp3) is 0.500. The maximum Gasteiger partial charge on any atom is 0.312 e. The first-order valence-electron chi connectivity index (χ1n) is 12.5. The van der Waals surface area contributed by atoms with E-state index in [1.165, 1.54) is 16.7 Å². The standard InChI is InChI=1S/C28H37N3O5/c1-17-10-18(2)12-21(11-17)25-24(26(31-30-25)34-15-28(4,5)27(32)33)19(3)14-29-9-8-20-6-7-22-23(13-20)36-16-35-22/h6-7,10-13,19,22-23,29H,8-9,14-16H2,1-5H3,(H,30,31)(H,32,33)/t19-,22?,23?/m1/s1. The molecule has 0 spiro atoms. The van der Waals surface area contributed by atoms with Crippen LogP contribution in [0, 0.1) is 19.3 Å².